The van der Waals surface area contributed by atoms with E-state index in [0.717, 1.165) is 43.1 Å². The summed E-state index contributed by atoms with van der Waals surface area (Å²) in [5.74, 6) is 0.990. The number of nitrogens with one attached hydrogen (secondary N) is 1. The first-order valence-corrected chi connectivity index (χ1v) is 5.83. The van der Waals surface area contributed by atoms with Crippen molar-refractivity contribution < 1.29 is 4.74 Å². The molecule has 1 spiro atoms. The third-order valence-corrected chi connectivity index (χ3v) is 3.62. The number of piperidine rings is 1. The summed E-state index contributed by atoms with van der Waals surface area (Å²) in [6.45, 7) is 2.11. The van der Waals surface area contributed by atoms with Crippen molar-refractivity contribution in [3.05, 3.63) is 28.8 Å². The maximum atomic E-state index is 6.09. The van der Waals surface area contributed by atoms with Gasteiger partial charge in [0, 0.05) is 11.4 Å². The highest BCUT2D eigenvalue weighted by Crippen LogP contribution is 2.40. The van der Waals surface area contributed by atoms with Crippen LogP contribution < -0.4 is 10.1 Å². The molecule has 80 valence electrons. The van der Waals surface area contributed by atoms with Crippen molar-refractivity contribution in [2.45, 2.75) is 24.9 Å². The number of ether oxygens (including phenoxy) is 1. The predicted molar refractivity (Wildman–Crippen MR) is 60.6 cm³/mol. The predicted octanol–water partition coefficient (Wildman–Crippen LogP) is 2.40. The molecule has 0 radical (unpaired) electrons. The van der Waals surface area contributed by atoms with E-state index in [0.29, 0.717) is 0 Å². The minimum absolute atomic E-state index is 0.0538. The standard InChI is InChI=1S/C12H14ClNO/c13-10-2-1-9-8-12(15-11(9)7-10)3-5-14-6-4-12/h1-2,7,14H,3-6,8H2. The van der Waals surface area contributed by atoms with Crippen LogP contribution in [0, 0.1) is 0 Å². The molecule has 0 aromatic heterocycles. The lowest BCUT2D eigenvalue weighted by atomic mass is 9.88. The van der Waals surface area contributed by atoms with Gasteiger partial charge in [0.1, 0.15) is 11.4 Å². The van der Waals surface area contributed by atoms with E-state index in [4.69, 9.17) is 16.3 Å². The molecule has 1 N–H and O–H groups in total. The smallest absolute Gasteiger partial charge is 0.124 e. The quantitative estimate of drug-likeness (QED) is 0.729. The Morgan fingerprint density at radius 3 is 2.87 bits per heavy atom. The minimum atomic E-state index is 0.0538. The molecule has 1 saturated heterocycles. The van der Waals surface area contributed by atoms with E-state index in [2.05, 4.69) is 11.4 Å². The van der Waals surface area contributed by atoms with Crippen molar-refractivity contribution in [1.29, 1.82) is 0 Å². The Bertz CT molecular complexity index is 385. The van der Waals surface area contributed by atoms with Crippen molar-refractivity contribution in [3.8, 4) is 5.75 Å². The van der Waals surface area contributed by atoms with Crippen LogP contribution >= 0.6 is 11.6 Å². The summed E-state index contributed by atoms with van der Waals surface area (Å²) in [4.78, 5) is 0. The number of hydrogen-bond donors (Lipinski definition) is 1. The summed E-state index contributed by atoms with van der Waals surface area (Å²) >= 11 is 5.96. The summed E-state index contributed by atoms with van der Waals surface area (Å²) in [5.41, 5.74) is 1.36. The molecule has 0 aliphatic carbocycles. The second kappa shape index (κ2) is 3.39. The van der Waals surface area contributed by atoms with Crippen LogP contribution in [0.15, 0.2) is 18.2 Å². The third kappa shape index (κ3) is 1.62. The highest BCUT2D eigenvalue weighted by atomic mass is 35.5. The number of hydrogen-bond acceptors (Lipinski definition) is 2. The zero-order chi connectivity index (χ0) is 10.3. The van der Waals surface area contributed by atoms with Crippen molar-refractivity contribution >= 4 is 11.6 Å². The lowest BCUT2D eigenvalue weighted by molar-refractivity contribution is 0.0600. The second-order valence-electron chi connectivity index (χ2n) is 4.46. The van der Waals surface area contributed by atoms with E-state index < -0.39 is 0 Å². The Morgan fingerprint density at radius 1 is 1.27 bits per heavy atom. The number of fused-ring (bicyclic) bond motifs is 1. The molecule has 2 nitrogen and oxygen atoms in total. The molecule has 3 rings (SSSR count). The lowest BCUT2D eigenvalue weighted by Crippen LogP contribution is -2.45. The van der Waals surface area contributed by atoms with E-state index in [-0.39, 0.29) is 5.60 Å². The van der Waals surface area contributed by atoms with Crippen molar-refractivity contribution in [3.63, 3.8) is 0 Å². The highest BCUT2D eigenvalue weighted by molar-refractivity contribution is 6.30. The van der Waals surface area contributed by atoms with Gasteiger partial charge in [0.15, 0.2) is 0 Å². The van der Waals surface area contributed by atoms with Gasteiger partial charge in [-0.25, -0.2) is 0 Å². The van der Waals surface area contributed by atoms with E-state index in [1.807, 2.05) is 12.1 Å². The van der Waals surface area contributed by atoms with Gasteiger partial charge in [-0.3, -0.25) is 0 Å². The van der Waals surface area contributed by atoms with Crippen LogP contribution in [0.25, 0.3) is 0 Å². The van der Waals surface area contributed by atoms with Crippen LogP contribution in [-0.2, 0) is 6.42 Å². The number of halogens is 1. The van der Waals surface area contributed by atoms with E-state index in [1.54, 1.807) is 0 Å². The molecule has 2 aliphatic heterocycles. The molecule has 0 atom stereocenters. The molecule has 1 aromatic carbocycles. The fourth-order valence-electron chi connectivity index (χ4n) is 2.55. The lowest BCUT2D eigenvalue weighted by Gasteiger charge is -2.33. The summed E-state index contributed by atoms with van der Waals surface area (Å²) in [5, 5.41) is 4.13. The molecule has 0 saturated carbocycles. The molecule has 0 unspecified atom stereocenters. The fourth-order valence-corrected chi connectivity index (χ4v) is 2.71. The largest absolute Gasteiger partial charge is 0.486 e. The monoisotopic (exact) mass is 223 g/mol. The Kier molecular flexibility index (Phi) is 2.15. The van der Waals surface area contributed by atoms with Crippen molar-refractivity contribution in [2.75, 3.05) is 13.1 Å². The molecular formula is C12H14ClNO. The summed E-state index contributed by atoms with van der Waals surface area (Å²) in [6.07, 6.45) is 3.24. The molecular weight excluding hydrogens is 210 g/mol. The average Bonchev–Trinajstić information content (AvgIpc) is 2.56. The van der Waals surface area contributed by atoms with Crippen LogP contribution in [0.1, 0.15) is 18.4 Å². The van der Waals surface area contributed by atoms with Gasteiger partial charge in [-0.15, -0.1) is 0 Å². The first-order valence-electron chi connectivity index (χ1n) is 5.46. The maximum Gasteiger partial charge on any atom is 0.124 e. The van der Waals surface area contributed by atoms with Gasteiger partial charge in [0.25, 0.3) is 0 Å². The van der Waals surface area contributed by atoms with Gasteiger partial charge in [0.2, 0.25) is 0 Å². The van der Waals surface area contributed by atoms with Crippen LogP contribution in [0.5, 0.6) is 5.75 Å². The van der Waals surface area contributed by atoms with Gasteiger partial charge in [-0.1, -0.05) is 17.7 Å². The molecule has 1 aromatic rings. The third-order valence-electron chi connectivity index (χ3n) is 3.38. The van der Waals surface area contributed by atoms with E-state index in [1.165, 1.54) is 5.56 Å². The Hall–Kier alpha value is -0.730. The average molecular weight is 224 g/mol. The van der Waals surface area contributed by atoms with E-state index >= 15 is 0 Å². The van der Waals surface area contributed by atoms with Crippen LogP contribution in [0.2, 0.25) is 5.02 Å². The second-order valence-corrected chi connectivity index (χ2v) is 4.90. The fraction of sp³-hybridized carbons (Fsp3) is 0.500. The first-order chi connectivity index (χ1) is 7.27. The number of rotatable bonds is 0. The van der Waals surface area contributed by atoms with Gasteiger partial charge in [0.05, 0.1) is 0 Å². The summed E-state index contributed by atoms with van der Waals surface area (Å²) in [7, 11) is 0. The van der Waals surface area contributed by atoms with Crippen molar-refractivity contribution in [2.24, 2.45) is 0 Å². The Labute approximate surface area is 94.6 Å². The molecule has 1 fully saturated rings. The zero-order valence-electron chi connectivity index (χ0n) is 8.55. The normalized spacial score (nSPS) is 22.5. The zero-order valence-corrected chi connectivity index (χ0v) is 9.31. The Morgan fingerprint density at radius 2 is 2.07 bits per heavy atom. The van der Waals surface area contributed by atoms with Gasteiger partial charge in [-0.05, 0) is 43.6 Å². The number of benzene rings is 1. The van der Waals surface area contributed by atoms with Gasteiger partial charge >= 0.3 is 0 Å². The van der Waals surface area contributed by atoms with Crippen LogP contribution in [0.4, 0.5) is 0 Å². The topological polar surface area (TPSA) is 21.3 Å². The van der Waals surface area contributed by atoms with Gasteiger partial charge < -0.3 is 10.1 Å². The highest BCUT2D eigenvalue weighted by Gasteiger charge is 2.40. The molecule has 2 heterocycles. The SMILES string of the molecule is Clc1ccc2c(c1)OC1(CCNCC1)C2. The molecule has 3 heteroatoms. The molecule has 0 amide bonds. The van der Waals surface area contributed by atoms with Gasteiger partial charge in [-0.2, -0.15) is 0 Å². The van der Waals surface area contributed by atoms with Crippen molar-refractivity contribution in [1.82, 2.24) is 5.32 Å². The summed E-state index contributed by atoms with van der Waals surface area (Å²) < 4.78 is 6.09. The van der Waals surface area contributed by atoms with Crippen LogP contribution in [-0.4, -0.2) is 18.7 Å². The van der Waals surface area contributed by atoms with E-state index in [9.17, 15) is 0 Å². The maximum absolute atomic E-state index is 6.09. The minimum Gasteiger partial charge on any atom is -0.486 e. The Balaban J connectivity index is 1.90. The first kappa shape index (κ1) is 9.49. The molecule has 0 bridgehead atoms. The molecule has 15 heavy (non-hydrogen) atoms. The molecule has 2 aliphatic rings. The van der Waals surface area contributed by atoms with Crippen LogP contribution in [0.3, 0.4) is 0 Å². The summed E-state index contributed by atoms with van der Waals surface area (Å²) in [6, 6.07) is 5.98.